The molecule has 1 saturated heterocycles. The lowest BCUT2D eigenvalue weighted by Crippen LogP contribution is -2.34. The molecule has 2 heterocycles. The number of methoxy groups -OCH3 is 1. The maximum absolute atomic E-state index is 11.9. The fourth-order valence-electron chi connectivity index (χ4n) is 3.70. The van der Waals surface area contributed by atoms with Crippen molar-refractivity contribution in [3.05, 3.63) is 42.2 Å². The molecule has 0 radical (unpaired) electrons. The maximum Gasteiger partial charge on any atom is 0.248 e. The van der Waals surface area contributed by atoms with Gasteiger partial charge >= 0.3 is 0 Å². The van der Waals surface area contributed by atoms with Crippen LogP contribution in [0.4, 0.5) is 5.69 Å². The van der Waals surface area contributed by atoms with Crippen LogP contribution in [0.25, 0.3) is 0 Å². The number of likely N-dealkylation sites (N-methyl/N-ethyl adjacent to an activating group) is 1. The average Bonchev–Trinajstić information content (AvgIpc) is 3.35. The number of nitrogens with zero attached hydrogens (tertiary/aromatic N) is 4. The van der Waals surface area contributed by atoms with Gasteiger partial charge in [-0.15, -0.1) is 0 Å². The van der Waals surface area contributed by atoms with Gasteiger partial charge in [0.25, 0.3) is 0 Å². The van der Waals surface area contributed by atoms with Crippen LogP contribution in [-0.2, 0) is 20.9 Å². The van der Waals surface area contributed by atoms with Crippen LogP contribution in [-0.4, -0.2) is 78.4 Å². The number of aromatic nitrogens is 2. The highest BCUT2D eigenvalue weighted by Gasteiger charge is 2.34. The predicted molar refractivity (Wildman–Crippen MR) is 117 cm³/mol. The zero-order valence-electron chi connectivity index (χ0n) is 18.6. The number of benzene rings is 1. The van der Waals surface area contributed by atoms with Crippen LogP contribution >= 0.6 is 0 Å². The number of rotatable bonds is 9. The average molecular weight is 430 g/mol. The largest absolute Gasteiger partial charge is 0.497 e. The highest BCUT2D eigenvalue weighted by atomic mass is 16.5. The molecule has 0 saturated carbocycles. The zero-order chi connectivity index (χ0) is 22.4. The van der Waals surface area contributed by atoms with Crippen LogP contribution in [0.3, 0.4) is 0 Å². The molecule has 2 aromatic rings. The summed E-state index contributed by atoms with van der Waals surface area (Å²) >= 11 is 0. The van der Waals surface area contributed by atoms with Crippen LogP contribution < -0.4 is 10.1 Å². The number of nitrogens with one attached hydrogen (secondary N) is 1. The normalized spacial score (nSPS) is 18.7. The Hall–Kier alpha value is -2.91. The first-order valence-corrected chi connectivity index (χ1v) is 10.3. The van der Waals surface area contributed by atoms with E-state index in [0.717, 1.165) is 25.3 Å². The second-order valence-electron chi connectivity index (χ2n) is 8.01. The van der Waals surface area contributed by atoms with E-state index >= 15 is 0 Å². The van der Waals surface area contributed by atoms with Crippen molar-refractivity contribution < 1.29 is 19.1 Å². The molecule has 9 nitrogen and oxygen atoms in total. The van der Waals surface area contributed by atoms with Gasteiger partial charge < -0.3 is 19.7 Å². The summed E-state index contributed by atoms with van der Waals surface area (Å²) in [5.41, 5.74) is 1.86. The van der Waals surface area contributed by atoms with E-state index in [1.165, 1.54) is 17.4 Å². The Labute approximate surface area is 182 Å². The number of ether oxygens (including phenoxy) is 2. The third-order valence-corrected chi connectivity index (χ3v) is 5.38. The Morgan fingerprint density at radius 1 is 1.26 bits per heavy atom. The molecule has 3 rings (SSSR count). The predicted octanol–water partition coefficient (Wildman–Crippen LogP) is 1.77. The van der Waals surface area contributed by atoms with E-state index < -0.39 is 0 Å². The van der Waals surface area contributed by atoms with Gasteiger partial charge in [-0.1, -0.05) is 12.1 Å². The first kappa shape index (κ1) is 22.8. The summed E-state index contributed by atoms with van der Waals surface area (Å²) in [6.07, 6.45) is 4.36. The van der Waals surface area contributed by atoms with Crippen LogP contribution in [0, 0.1) is 0 Å². The van der Waals surface area contributed by atoms with Gasteiger partial charge in [-0.05, 0) is 24.1 Å². The third-order valence-electron chi connectivity index (χ3n) is 5.38. The quantitative estimate of drug-likeness (QED) is 0.654. The maximum atomic E-state index is 11.9. The molecule has 0 unspecified atom stereocenters. The Balaban J connectivity index is 1.68. The van der Waals surface area contributed by atoms with Gasteiger partial charge in [0.15, 0.2) is 0 Å². The summed E-state index contributed by atoms with van der Waals surface area (Å²) in [5.74, 6) is 0.652. The van der Waals surface area contributed by atoms with Gasteiger partial charge in [0, 0.05) is 46.3 Å². The van der Waals surface area contributed by atoms with E-state index in [1.54, 1.807) is 27.4 Å². The van der Waals surface area contributed by atoms with Crippen LogP contribution in [0.2, 0.25) is 0 Å². The second kappa shape index (κ2) is 10.4. The van der Waals surface area contributed by atoms with Gasteiger partial charge in [0.1, 0.15) is 12.4 Å². The van der Waals surface area contributed by atoms with Gasteiger partial charge in [-0.25, -0.2) is 0 Å². The molecular weight excluding hydrogens is 398 g/mol. The van der Waals surface area contributed by atoms with E-state index in [0.29, 0.717) is 12.3 Å². The molecule has 31 heavy (non-hydrogen) atoms. The summed E-state index contributed by atoms with van der Waals surface area (Å²) in [5, 5.41) is 7.20. The Bertz CT molecular complexity index is 880. The van der Waals surface area contributed by atoms with Gasteiger partial charge in [-0.3, -0.25) is 19.2 Å². The SMILES string of the molecule is COc1ccc(CN2C[C@@H](n3cc(NC(C)=O)cn3)C[C@H]2COCC(=O)N(C)C)cc1. The minimum Gasteiger partial charge on any atom is -0.497 e. The fourth-order valence-corrected chi connectivity index (χ4v) is 3.70. The number of likely N-dealkylation sites (tertiary alicyclic amines) is 1. The number of amides is 2. The van der Waals surface area contributed by atoms with Crippen molar-refractivity contribution in [1.82, 2.24) is 19.6 Å². The molecule has 2 amide bonds. The minimum absolute atomic E-state index is 0.0525. The van der Waals surface area contributed by atoms with E-state index in [4.69, 9.17) is 9.47 Å². The molecule has 1 N–H and O–H groups in total. The lowest BCUT2D eigenvalue weighted by atomic mass is 10.1. The number of carbonyl (C=O) groups is 2. The number of anilines is 1. The zero-order valence-corrected chi connectivity index (χ0v) is 18.6. The highest BCUT2D eigenvalue weighted by Crippen LogP contribution is 2.30. The van der Waals surface area contributed by atoms with Crippen molar-refractivity contribution in [2.45, 2.75) is 32.0 Å². The first-order chi connectivity index (χ1) is 14.9. The molecule has 1 aromatic heterocycles. The topological polar surface area (TPSA) is 88.9 Å². The molecule has 1 aliphatic heterocycles. The highest BCUT2D eigenvalue weighted by molar-refractivity contribution is 5.88. The molecule has 0 aliphatic carbocycles. The summed E-state index contributed by atoms with van der Waals surface area (Å²) in [6.45, 7) is 3.57. The fraction of sp³-hybridized carbons (Fsp3) is 0.500. The summed E-state index contributed by atoms with van der Waals surface area (Å²) < 4.78 is 12.9. The molecule has 9 heteroatoms. The van der Waals surface area contributed by atoms with Crippen molar-refractivity contribution in [2.24, 2.45) is 0 Å². The van der Waals surface area contributed by atoms with Gasteiger partial charge in [-0.2, -0.15) is 5.10 Å². The molecule has 2 atom stereocenters. The van der Waals surface area contributed by atoms with Crippen molar-refractivity contribution in [2.75, 3.05) is 46.3 Å². The van der Waals surface area contributed by atoms with E-state index in [-0.39, 0.29) is 30.5 Å². The smallest absolute Gasteiger partial charge is 0.248 e. The molecule has 1 fully saturated rings. The lowest BCUT2D eigenvalue weighted by molar-refractivity contribution is -0.134. The van der Waals surface area contributed by atoms with Crippen LogP contribution in [0.1, 0.15) is 24.9 Å². The number of carbonyl (C=O) groups excluding carboxylic acids is 2. The molecule has 1 aliphatic rings. The molecule has 0 spiro atoms. The van der Waals surface area contributed by atoms with E-state index in [1.807, 2.05) is 23.0 Å². The molecular formula is C22H31N5O4. The van der Waals surface area contributed by atoms with Gasteiger partial charge in [0.05, 0.1) is 31.6 Å². The number of hydrogen-bond acceptors (Lipinski definition) is 6. The second-order valence-corrected chi connectivity index (χ2v) is 8.01. The first-order valence-electron chi connectivity index (χ1n) is 10.3. The molecule has 0 bridgehead atoms. The van der Waals surface area contributed by atoms with Crippen molar-refractivity contribution in [1.29, 1.82) is 0 Å². The molecule has 168 valence electrons. The van der Waals surface area contributed by atoms with Gasteiger partial charge in [0.2, 0.25) is 11.8 Å². The Morgan fingerprint density at radius 3 is 2.65 bits per heavy atom. The van der Waals surface area contributed by atoms with Crippen LogP contribution in [0.15, 0.2) is 36.7 Å². The Morgan fingerprint density at radius 2 is 2.00 bits per heavy atom. The standard InChI is InChI=1S/C22H31N5O4/c1-16(28)24-18-10-23-27(12-18)19-9-20(14-31-15-22(29)25(2)3)26(13-19)11-17-5-7-21(30-4)8-6-17/h5-8,10,12,19-20H,9,11,13-15H2,1-4H3,(H,24,28)/t19-,20-/m0/s1. The van der Waals surface area contributed by atoms with E-state index in [2.05, 4.69) is 27.4 Å². The monoisotopic (exact) mass is 429 g/mol. The van der Waals surface area contributed by atoms with Crippen molar-refractivity contribution in [3.63, 3.8) is 0 Å². The minimum atomic E-state index is -0.121. The summed E-state index contributed by atoms with van der Waals surface area (Å²) in [4.78, 5) is 27.0. The van der Waals surface area contributed by atoms with Crippen LogP contribution in [0.5, 0.6) is 5.75 Å². The van der Waals surface area contributed by atoms with E-state index in [9.17, 15) is 9.59 Å². The third kappa shape index (κ3) is 6.28. The van der Waals surface area contributed by atoms with Crippen molar-refractivity contribution in [3.8, 4) is 5.75 Å². The molecule has 1 aromatic carbocycles. The summed E-state index contributed by atoms with van der Waals surface area (Å²) in [6, 6.07) is 8.33. The lowest BCUT2D eigenvalue weighted by Gasteiger charge is -2.24. The Kier molecular flexibility index (Phi) is 7.64. The van der Waals surface area contributed by atoms with Crippen molar-refractivity contribution >= 4 is 17.5 Å². The number of hydrogen-bond donors (Lipinski definition) is 1. The summed E-state index contributed by atoms with van der Waals surface area (Å²) in [7, 11) is 5.09.